The third-order valence-electron chi connectivity index (χ3n) is 6.05. The van der Waals surface area contributed by atoms with E-state index in [0.717, 1.165) is 39.9 Å². The summed E-state index contributed by atoms with van der Waals surface area (Å²) in [7, 11) is 1.80. The molecule has 1 unspecified atom stereocenters. The van der Waals surface area contributed by atoms with Gasteiger partial charge in [0.15, 0.2) is 0 Å². The van der Waals surface area contributed by atoms with Gasteiger partial charge >= 0.3 is 6.18 Å². The smallest absolute Gasteiger partial charge is 0.416 e. The van der Waals surface area contributed by atoms with Crippen molar-refractivity contribution in [2.24, 2.45) is 5.73 Å². The molecule has 7 nitrogen and oxygen atoms in total. The topological polar surface area (TPSA) is 95.1 Å². The van der Waals surface area contributed by atoms with E-state index in [-0.39, 0.29) is 16.2 Å². The molecule has 11 heteroatoms. The van der Waals surface area contributed by atoms with E-state index in [0.29, 0.717) is 10.5 Å². The number of imidazole rings is 1. The Kier molecular flexibility index (Phi) is 6.53. The summed E-state index contributed by atoms with van der Waals surface area (Å²) >= 11 is 1.08. The molecule has 5 rings (SSSR count). The predicted octanol–water partition coefficient (Wildman–Crippen LogP) is 6.45. The number of carbonyl (C=O) groups is 1. The highest BCUT2D eigenvalue weighted by atomic mass is 32.1. The van der Waals surface area contributed by atoms with E-state index in [9.17, 15) is 18.0 Å². The van der Waals surface area contributed by atoms with Gasteiger partial charge in [0.05, 0.1) is 16.6 Å². The van der Waals surface area contributed by atoms with Gasteiger partial charge in [0.2, 0.25) is 0 Å². The second-order valence-electron chi connectivity index (χ2n) is 8.49. The number of hydrogen-bond acceptors (Lipinski definition) is 6. The molecule has 0 bridgehead atoms. The number of ether oxygens (including phenoxy) is 1. The van der Waals surface area contributed by atoms with Crippen molar-refractivity contribution in [1.82, 2.24) is 14.5 Å². The number of nitrogens with zero attached hydrogens (tertiary/aromatic N) is 3. The Bertz CT molecular complexity index is 1640. The molecule has 1 atom stereocenters. The number of pyridine rings is 1. The number of primary amides is 1. The fourth-order valence-corrected chi connectivity index (χ4v) is 5.15. The van der Waals surface area contributed by atoms with E-state index in [2.05, 4.69) is 15.3 Å². The van der Waals surface area contributed by atoms with Crippen molar-refractivity contribution in [2.75, 3.05) is 12.4 Å². The molecule has 1 amide bonds. The van der Waals surface area contributed by atoms with Crippen LogP contribution in [-0.2, 0) is 6.18 Å². The number of nitrogens with one attached hydrogen (secondary N) is 1. The van der Waals surface area contributed by atoms with Crippen LogP contribution in [0, 0.1) is 0 Å². The van der Waals surface area contributed by atoms with Crippen molar-refractivity contribution < 1.29 is 22.7 Å². The van der Waals surface area contributed by atoms with Gasteiger partial charge in [-0.3, -0.25) is 9.36 Å². The third kappa shape index (κ3) is 4.80. The number of aromatic nitrogens is 3. The molecule has 3 aromatic heterocycles. The van der Waals surface area contributed by atoms with E-state index in [1.54, 1.807) is 30.2 Å². The molecule has 2 aromatic carbocycles. The maximum absolute atomic E-state index is 13.5. The van der Waals surface area contributed by atoms with Gasteiger partial charge in [-0.2, -0.15) is 13.2 Å². The number of anilines is 1. The van der Waals surface area contributed by atoms with Crippen LogP contribution in [0.2, 0.25) is 0 Å². The van der Waals surface area contributed by atoms with Gasteiger partial charge in [-0.1, -0.05) is 24.3 Å². The first-order chi connectivity index (χ1) is 18.2. The molecule has 0 aliphatic heterocycles. The number of fused-ring (bicyclic) bond motifs is 1. The van der Waals surface area contributed by atoms with Gasteiger partial charge in [0.1, 0.15) is 33.9 Å². The Morgan fingerprint density at radius 2 is 1.84 bits per heavy atom. The largest absolute Gasteiger partial charge is 0.484 e. The third-order valence-corrected chi connectivity index (χ3v) is 7.18. The summed E-state index contributed by atoms with van der Waals surface area (Å²) < 4.78 is 48.2. The highest BCUT2D eigenvalue weighted by Crippen LogP contribution is 2.39. The molecule has 0 saturated heterocycles. The number of halogens is 3. The Balaban J connectivity index is 1.49. The quantitative estimate of drug-likeness (QED) is 0.249. The van der Waals surface area contributed by atoms with Crippen molar-refractivity contribution >= 4 is 34.1 Å². The van der Waals surface area contributed by atoms with Crippen LogP contribution in [-0.4, -0.2) is 27.5 Å². The number of hydrogen-bond donors (Lipinski definition) is 2. The first-order valence-corrected chi connectivity index (χ1v) is 12.4. The van der Waals surface area contributed by atoms with Crippen LogP contribution in [0.3, 0.4) is 0 Å². The van der Waals surface area contributed by atoms with Crippen molar-refractivity contribution in [2.45, 2.75) is 19.2 Å². The van der Waals surface area contributed by atoms with E-state index in [1.165, 1.54) is 25.1 Å². The van der Waals surface area contributed by atoms with Crippen molar-refractivity contribution in [3.8, 4) is 21.9 Å². The first kappa shape index (κ1) is 25.3. The van der Waals surface area contributed by atoms with Gasteiger partial charge < -0.3 is 15.8 Å². The van der Waals surface area contributed by atoms with Gasteiger partial charge in [0.25, 0.3) is 5.91 Å². The summed E-state index contributed by atoms with van der Waals surface area (Å²) in [5.41, 5.74) is 8.17. The van der Waals surface area contributed by atoms with Gasteiger partial charge in [0, 0.05) is 24.9 Å². The lowest BCUT2D eigenvalue weighted by molar-refractivity contribution is -0.138. The fourth-order valence-electron chi connectivity index (χ4n) is 4.22. The molecule has 0 radical (unpaired) electrons. The molecule has 38 heavy (non-hydrogen) atoms. The summed E-state index contributed by atoms with van der Waals surface area (Å²) in [6.45, 7) is 1.50. The van der Waals surface area contributed by atoms with Crippen LogP contribution in [0.4, 0.5) is 19.0 Å². The Morgan fingerprint density at radius 3 is 2.58 bits per heavy atom. The lowest BCUT2D eigenvalue weighted by Crippen LogP contribution is -2.15. The molecular formula is C27H22F3N5O2S. The minimum Gasteiger partial charge on any atom is -0.484 e. The lowest BCUT2D eigenvalue weighted by Gasteiger charge is -2.19. The van der Waals surface area contributed by atoms with Crippen LogP contribution in [0.5, 0.6) is 5.75 Å². The summed E-state index contributed by atoms with van der Waals surface area (Å²) in [6, 6.07) is 16.4. The average Bonchev–Trinajstić information content (AvgIpc) is 3.52. The van der Waals surface area contributed by atoms with E-state index >= 15 is 0 Å². The molecule has 0 aliphatic carbocycles. The number of amides is 1. The fraction of sp³-hybridized carbons (Fsp3) is 0.148. The van der Waals surface area contributed by atoms with Crippen molar-refractivity contribution in [1.29, 1.82) is 0 Å². The van der Waals surface area contributed by atoms with Crippen LogP contribution in [0.1, 0.15) is 33.8 Å². The van der Waals surface area contributed by atoms with Crippen LogP contribution in [0.25, 0.3) is 27.2 Å². The molecule has 3 heterocycles. The SMILES string of the molecule is CNc1cc(-c2ccc3c(c2)ncn3-c2cc(OC(C)c3ccccc3C(F)(F)F)c(C(N)=O)s2)ccn1. The van der Waals surface area contributed by atoms with Gasteiger partial charge in [-0.15, -0.1) is 11.3 Å². The molecule has 194 valence electrons. The Labute approximate surface area is 219 Å². The average molecular weight is 538 g/mol. The lowest BCUT2D eigenvalue weighted by atomic mass is 10.0. The molecule has 0 spiro atoms. The maximum atomic E-state index is 13.5. The second-order valence-corrected chi connectivity index (χ2v) is 9.52. The van der Waals surface area contributed by atoms with Crippen LogP contribution in [0.15, 0.2) is 73.2 Å². The number of alkyl halides is 3. The predicted molar refractivity (Wildman–Crippen MR) is 141 cm³/mol. The van der Waals surface area contributed by atoms with Gasteiger partial charge in [-0.05, 0) is 48.4 Å². The van der Waals surface area contributed by atoms with E-state index in [4.69, 9.17) is 10.5 Å². The van der Waals surface area contributed by atoms with Crippen molar-refractivity contribution in [3.05, 3.63) is 89.2 Å². The number of nitrogens with two attached hydrogens (primary N) is 1. The van der Waals surface area contributed by atoms with Crippen LogP contribution < -0.4 is 15.8 Å². The zero-order chi connectivity index (χ0) is 27.0. The monoisotopic (exact) mass is 537 g/mol. The van der Waals surface area contributed by atoms with E-state index in [1.807, 2.05) is 30.3 Å². The van der Waals surface area contributed by atoms with Crippen molar-refractivity contribution in [3.63, 3.8) is 0 Å². The molecule has 5 aromatic rings. The van der Waals surface area contributed by atoms with Crippen LogP contribution >= 0.6 is 11.3 Å². The minimum atomic E-state index is -4.54. The second kappa shape index (κ2) is 9.82. The summed E-state index contributed by atoms with van der Waals surface area (Å²) in [6.07, 6.45) is -2.20. The molecular weight excluding hydrogens is 515 g/mol. The summed E-state index contributed by atoms with van der Waals surface area (Å²) in [5, 5.41) is 3.60. The number of benzene rings is 2. The highest BCUT2D eigenvalue weighted by Gasteiger charge is 2.35. The highest BCUT2D eigenvalue weighted by molar-refractivity contribution is 7.16. The first-order valence-electron chi connectivity index (χ1n) is 11.5. The number of rotatable bonds is 7. The number of thiophene rings is 1. The molecule has 0 fully saturated rings. The van der Waals surface area contributed by atoms with Gasteiger partial charge in [-0.25, -0.2) is 9.97 Å². The minimum absolute atomic E-state index is 0.0404. The zero-order valence-corrected chi connectivity index (χ0v) is 21.1. The normalized spacial score (nSPS) is 12.4. The van der Waals surface area contributed by atoms with E-state index < -0.39 is 23.8 Å². The molecule has 0 saturated carbocycles. The number of carbonyl (C=O) groups excluding carboxylic acids is 1. The summed E-state index contributed by atoms with van der Waals surface area (Å²) in [5.74, 6) is 0.111. The summed E-state index contributed by atoms with van der Waals surface area (Å²) in [4.78, 5) is 21.1. The molecule has 3 N–H and O–H groups in total. The zero-order valence-electron chi connectivity index (χ0n) is 20.3. The Morgan fingerprint density at radius 1 is 1.08 bits per heavy atom. The Hall–Kier alpha value is -4.38. The molecule has 0 aliphatic rings. The maximum Gasteiger partial charge on any atom is 0.416 e. The standard InChI is InChI=1S/C27H22F3N5O2S/c1-15(18-5-3-4-6-19(18)27(28,29)30)37-22-13-24(38-25(22)26(31)36)35-14-34-20-11-16(7-8-21(20)35)17-9-10-33-23(12-17)32-2/h3-15H,1-2H3,(H2,31,36)(H,32,33).